The molecule has 0 N–H and O–H groups in total. The van der Waals surface area contributed by atoms with Gasteiger partial charge in [0, 0.05) is 16.0 Å². The van der Waals surface area contributed by atoms with Gasteiger partial charge in [-0.25, -0.2) is 0 Å². The Balaban J connectivity index is 1.62. The van der Waals surface area contributed by atoms with E-state index in [1.54, 1.807) is 23.1 Å². The number of hydrogen-bond acceptors (Lipinski definition) is 3. The van der Waals surface area contributed by atoms with Crippen LogP contribution in [0.3, 0.4) is 0 Å². The minimum atomic E-state index is 0.282. The SMILES string of the molecule is Cc1ccc(SCC(=O)Cc2csc3ccccc23)cc1. The van der Waals surface area contributed by atoms with Gasteiger partial charge in [0.1, 0.15) is 5.78 Å². The third kappa shape index (κ3) is 3.55. The summed E-state index contributed by atoms with van der Waals surface area (Å²) in [7, 11) is 0. The molecule has 0 aliphatic heterocycles. The Hall–Kier alpha value is -1.58. The predicted octanol–water partition coefficient (Wildman–Crippen LogP) is 5.11. The van der Waals surface area contributed by atoms with Crippen LogP contribution in [-0.4, -0.2) is 11.5 Å². The lowest BCUT2D eigenvalue weighted by atomic mass is 10.1. The lowest BCUT2D eigenvalue weighted by Crippen LogP contribution is -2.05. The zero-order valence-corrected chi connectivity index (χ0v) is 13.5. The van der Waals surface area contributed by atoms with Gasteiger partial charge in [0.05, 0.1) is 5.75 Å². The lowest BCUT2D eigenvalue weighted by Gasteiger charge is -2.02. The number of aryl methyl sites for hydroxylation is 1. The molecule has 0 fully saturated rings. The number of fused-ring (bicyclic) bond motifs is 1. The second kappa shape index (κ2) is 6.46. The first kappa shape index (κ1) is 14.4. The van der Waals surface area contributed by atoms with Crippen molar-refractivity contribution >= 4 is 39.0 Å². The summed E-state index contributed by atoms with van der Waals surface area (Å²) < 4.78 is 1.26. The quantitative estimate of drug-likeness (QED) is 0.609. The van der Waals surface area contributed by atoms with Crippen LogP contribution in [0.4, 0.5) is 0 Å². The lowest BCUT2D eigenvalue weighted by molar-refractivity contribution is -0.115. The number of carbonyl (C=O) groups excluding carboxylic acids is 1. The van der Waals surface area contributed by atoms with Crippen molar-refractivity contribution in [3.63, 3.8) is 0 Å². The van der Waals surface area contributed by atoms with E-state index in [4.69, 9.17) is 0 Å². The maximum Gasteiger partial charge on any atom is 0.147 e. The number of benzene rings is 2. The molecule has 0 amide bonds. The van der Waals surface area contributed by atoms with Crippen molar-refractivity contribution in [3.05, 3.63) is 65.0 Å². The van der Waals surface area contributed by atoms with Crippen LogP contribution in [0.2, 0.25) is 0 Å². The third-order valence-corrected chi connectivity index (χ3v) is 5.45. The molecule has 1 heterocycles. The fraction of sp³-hybridized carbons (Fsp3) is 0.167. The molecule has 0 spiro atoms. The summed E-state index contributed by atoms with van der Waals surface area (Å²) in [6.45, 7) is 2.07. The van der Waals surface area contributed by atoms with E-state index in [0.29, 0.717) is 12.2 Å². The molecule has 1 aromatic heterocycles. The minimum Gasteiger partial charge on any atom is -0.298 e. The van der Waals surface area contributed by atoms with Gasteiger partial charge in [-0.3, -0.25) is 4.79 Å². The van der Waals surface area contributed by atoms with E-state index >= 15 is 0 Å². The summed E-state index contributed by atoms with van der Waals surface area (Å²) in [5, 5.41) is 3.33. The highest BCUT2D eigenvalue weighted by Gasteiger charge is 2.09. The largest absolute Gasteiger partial charge is 0.298 e. The molecule has 0 saturated carbocycles. The van der Waals surface area contributed by atoms with E-state index in [9.17, 15) is 4.79 Å². The number of hydrogen-bond donors (Lipinski definition) is 0. The van der Waals surface area contributed by atoms with Crippen LogP contribution in [-0.2, 0) is 11.2 Å². The van der Waals surface area contributed by atoms with Crippen LogP contribution in [0.25, 0.3) is 10.1 Å². The average molecular weight is 312 g/mol. The molecule has 0 aliphatic rings. The molecule has 1 nitrogen and oxygen atoms in total. The monoisotopic (exact) mass is 312 g/mol. The first-order valence-electron chi connectivity index (χ1n) is 6.88. The summed E-state index contributed by atoms with van der Waals surface area (Å²) >= 11 is 3.33. The molecule has 2 aromatic carbocycles. The molecule has 0 saturated heterocycles. The number of carbonyl (C=O) groups is 1. The van der Waals surface area contributed by atoms with E-state index in [1.807, 2.05) is 12.1 Å². The maximum absolute atomic E-state index is 12.2. The molecule has 106 valence electrons. The molecule has 0 bridgehead atoms. The van der Waals surface area contributed by atoms with E-state index < -0.39 is 0 Å². The van der Waals surface area contributed by atoms with Gasteiger partial charge in [-0.05, 0) is 41.5 Å². The van der Waals surface area contributed by atoms with Gasteiger partial charge in [-0.1, -0.05) is 35.9 Å². The molecule has 3 heteroatoms. The second-order valence-electron chi connectivity index (χ2n) is 5.07. The summed E-state index contributed by atoms with van der Waals surface area (Å²) in [5.74, 6) is 0.817. The van der Waals surface area contributed by atoms with Crippen molar-refractivity contribution < 1.29 is 4.79 Å². The van der Waals surface area contributed by atoms with E-state index in [-0.39, 0.29) is 5.78 Å². The molecule has 0 unspecified atom stereocenters. The van der Waals surface area contributed by atoms with E-state index in [2.05, 4.69) is 48.7 Å². The summed E-state index contributed by atoms with van der Waals surface area (Å²) in [6, 6.07) is 16.6. The fourth-order valence-electron chi connectivity index (χ4n) is 2.23. The molecule has 0 atom stereocenters. The van der Waals surface area contributed by atoms with Gasteiger partial charge in [0.25, 0.3) is 0 Å². The summed E-state index contributed by atoms with van der Waals surface area (Å²) in [5.41, 5.74) is 2.40. The number of thiophene rings is 1. The van der Waals surface area contributed by atoms with Crippen LogP contribution in [0, 0.1) is 6.92 Å². The van der Waals surface area contributed by atoms with Gasteiger partial charge < -0.3 is 0 Å². The summed E-state index contributed by atoms with van der Waals surface area (Å²) in [6.07, 6.45) is 0.531. The Labute approximate surface area is 133 Å². The fourth-order valence-corrected chi connectivity index (χ4v) is 3.95. The van der Waals surface area contributed by atoms with Crippen molar-refractivity contribution in [1.29, 1.82) is 0 Å². The van der Waals surface area contributed by atoms with Crippen molar-refractivity contribution in [1.82, 2.24) is 0 Å². The third-order valence-electron chi connectivity index (χ3n) is 3.37. The Bertz CT molecular complexity index is 756. The highest BCUT2D eigenvalue weighted by Crippen LogP contribution is 2.27. The number of ketones is 1. The van der Waals surface area contributed by atoms with E-state index in [1.165, 1.54) is 15.6 Å². The highest BCUT2D eigenvalue weighted by atomic mass is 32.2. The standard InChI is InChI=1S/C18H16OS2/c1-13-6-8-16(9-7-13)20-12-15(19)10-14-11-21-18-5-3-2-4-17(14)18/h2-9,11H,10,12H2,1H3. The first-order valence-corrected chi connectivity index (χ1v) is 8.75. The maximum atomic E-state index is 12.2. The van der Waals surface area contributed by atoms with Crippen molar-refractivity contribution in [2.24, 2.45) is 0 Å². The Morgan fingerprint density at radius 2 is 1.86 bits per heavy atom. The van der Waals surface area contributed by atoms with Gasteiger partial charge in [-0.2, -0.15) is 0 Å². The first-order chi connectivity index (χ1) is 10.2. The van der Waals surface area contributed by atoms with Crippen molar-refractivity contribution in [2.75, 3.05) is 5.75 Å². The van der Waals surface area contributed by atoms with E-state index in [0.717, 1.165) is 10.5 Å². The molecular weight excluding hydrogens is 296 g/mol. The number of thioether (sulfide) groups is 1. The normalized spacial score (nSPS) is 10.9. The molecule has 21 heavy (non-hydrogen) atoms. The van der Waals surface area contributed by atoms with Crippen LogP contribution in [0.1, 0.15) is 11.1 Å². The zero-order valence-electron chi connectivity index (χ0n) is 11.8. The van der Waals surface area contributed by atoms with Crippen molar-refractivity contribution in [2.45, 2.75) is 18.2 Å². The van der Waals surface area contributed by atoms with Gasteiger partial charge in [0.15, 0.2) is 0 Å². The van der Waals surface area contributed by atoms with Crippen LogP contribution >= 0.6 is 23.1 Å². The molecule has 0 radical (unpaired) electrons. The molecule has 0 aliphatic carbocycles. The van der Waals surface area contributed by atoms with Crippen LogP contribution < -0.4 is 0 Å². The Kier molecular flexibility index (Phi) is 4.42. The molecular formula is C18H16OS2. The zero-order chi connectivity index (χ0) is 14.7. The van der Waals surface area contributed by atoms with Crippen molar-refractivity contribution in [3.8, 4) is 0 Å². The average Bonchev–Trinajstić information content (AvgIpc) is 2.90. The van der Waals surface area contributed by atoms with Gasteiger partial charge in [-0.15, -0.1) is 23.1 Å². The number of rotatable bonds is 5. The van der Waals surface area contributed by atoms with Crippen LogP contribution in [0.5, 0.6) is 0 Å². The molecule has 3 rings (SSSR count). The summed E-state index contributed by atoms with van der Waals surface area (Å²) in [4.78, 5) is 13.3. The predicted molar refractivity (Wildman–Crippen MR) is 92.4 cm³/mol. The number of Topliss-reactive ketones (excluding diaryl/α,β-unsaturated/α-hetero) is 1. The second-order valence-corrected chi connectivity index (χ2v) is 7.03. The Morgan fingerprint density at radius 3 is 2.67 bits per heavy atom. The minimum absolute atomic E-state index is 0.282. The molecule has 3 aromatic rings. The highest BCUT2D eigenvalue weighted by molar-refractivity contribution is 8.00. The topological polar surface area (TPSA) is 17.1 Å². The van der Waals surface area contributed by atoms with Gasteiger partial charge in [0.2, 0.25) is 0 Å². The van der Waals surface area contributed by atoms with Gasteiger partial charge >= 0.3 is 0 Å². The van der Waals surface area contributed by atoms with Crippen LogP contribution in [0.15, 0.2) is 58.8 Å². The Morgan fingerprint density at radius 1 is 1.10 bits per heavy atom. The smallest absolute Gasteiger partial charge is 0.147 e.